The van der Waals surface area contributed by atoms with Crippen molar-refractivity contribution in [2.75, 3.05) is 38.4 Å². The summed E-state index contributed by atoms with van der Waals surface area (Å²) in [7, 11) is 8.43. The Hall–Kier alpha value is -4.82. The molecule has 3 aliphatic rings. The molecule has 2 amide bonds. The molecule has 0 radical (unpaired) electrons. The van der Waals surface area contributed by atoms with Crippen molar-refractivity contribution in [2.24, 2.45) is 17.6 Å². The van der Waals surface area contributed by atoms with Gasteiger partial charge in [-0.05, 0) is 56.6 Å². The molecule has 2 aromatic carbocycles. The molecule has 14 heteroatoms. The second-order valence-corrected chi connectivity index (χ2v) is 11.8. The van der Waals surface area contributed by atoms with Crippen LogP contribution in [0.15, 0.2) is 53.0 Å². The van der Waals surface area contributed by atoms with Crippen molar-refractivity contribution < 1.29 is 44.3 Å². The quantitative estimate of drug-likeness (QED) is 0.153. The van der Waals surface area contributed by atoms with Crippen LogP contribution in [0.4, 0.5) is 16.2 Å². The molecule has 0 bridgehead atoms. The molecule has 230 valence electrons. The lowest BCUT2D eigenvalue weighted by atomic mass is 9.58. The highest BCUT2D eigenvalue weighted by Crippen LogP contribution is 2.53. The first-order valence-corrected chi connectivity index (χ1v) is 13.9. The predicted molar refractivity (Wildman–Crippen MR) is 162 cm³/mol. The topological polar surface area (TPSA) is 203 Å². The number of aliphatic hydroxyl groups excluding tert-OH is 2. The average Bonchev–Trinajstić information content (AvgIpc) is 2.93. The van der Waals surface area contributed by atoms with Gasteiger partial charge in [0, 0.05) is 31.3 Å². The first-order valence-electron chi connectivity index (χ1n) is 13.9. The first-order chi connectivity index (χ1) is 20.6. The molecule has 13 nitrogen and oxygen atoms in total. The van der Waals surface area contributed by atoms with Crippen molar-refractivity contribution in [3.8, 4) is 11.5 Å². The second kappa shape index (κ2) is 10.7. The highest BCUT2D eigenvalue weighted by molar-refractivity contribution is 6.32. The van der Waals surface area contributed by atoms with Gasteiger partial charge in [0.05, 0.1) is 17.3 Å². The van der Waals surface area contributed by atoms with Crippen LogP contribution in [0, 0.1) is 11.8 Å². The van der Waals surface area contributed by atoms with Crippen LogP contribution in [0.5, 0.6) is 11.5 Å². The number of rotatable bonds is 5. The van der Waals surface area contributed by atoms with E-state index in [0.717, 1.165) is 5.46 Å². The maximum Gasteiger partial charge on any atom is 0.417 e. The molecule has 0 saturated carbocycles. The number of aromatic hydroxyl groups is 1. The lowest BCUT2D eigenvalue weighted by Crippen LogP contribution is -2.63. The lowest BCUT2D eigenvalue weighted by molar-refractivity contribution is -0.148. The SMILES string of the molecule is Bc1ccc(OC(=O)Nc2cc(N(C)C)c3c(c2O)C(=O)C2=C(O)[C@]4(O)C(=O)C(C(N)=O)=C(O)[C@@H](N(C)C)[C@@H]4C[C@@H]2C3)cc1. The number of phenols is 1. The van der Waals surface area contributed by atoms with Crippen LogP contribution in [-0.4, -0.2) is 96.6 Å². The van der Waals surface area contributed by atoms with Crippen LogP contribution in [0.2, 0.25) is 0 Å². The summed E-state index contributed by atoms with van der Waals surface area (Å²) in [4.78, 5) is 55.7. The number of primary amides is 1. The molecule has 3 aliphatic carbocycles. The highest BCUT2D eigenvalue weighted by atomic mass is 16.6. The Balaban J connectivity index is 1.62. The number of nitrogens with one attached hydrogen (secondary N) is 1. The molecule has 0 aliphatic heterocycles. The number of ketones is 2. The van der Waals surface area contributed by atoms with Crippen molar-refractivity contribution in [1.29, 1.82) is 0 Å². The van der Waals surface area contributed by atoms with E-state index in [1.165, 1.54) is 11.0 Å². The number of Topliss-reactive ketones (excluding diaryl/α,β-unsaturated/α-hetero) is 2. The summed E-state index contributed by atoms with van der Waals surface area (Å²) in [6.07, 6.45) is -0.869. The number of ether oxygens (including phenoxy) is 1. The Bertz CT molecular complexity index is 1680. The van der Waals surface area contributed by atoms with Gasteiger partial charge in [0.2, 0.25) is 5.78 Å². The Morgan fingerprint density at radius 1 is 1.09 bits per heavy atom. The van der Waals surface area contributed by atoms with Gasteiger partial charge in [-0.15, -0.1) is 0 Å². The van der Waals surface area contributed by atoms with Gasteiger partial charge >= 0.3 is 6.09 Å². The van der Waals surface area contributed by atoms with Gasteiger partial charge in [-0.25, -0.2) is 4.79 Å². The number of phenolic OH excluding ortho intramolecular Hbond substituents is 1. The molecular formula is C30H33BN4O9. The minimum atomic E-state index is -2.75. The fraction of sp³-hybridized carbons (Fsp3) is 0.333. The number of allylic oxidation sites excluding steroid dienone is 1. The summed E-state index contributed by atoms with van der Waals surface area (Å²) in [5.41, 5.74) is 2.93. The minimum Gasteiger partial charge on any atom is -0.510 e. The number of likely N-dealkylation sites (N-methyl/N-ethyl adjacent to an activating group) is 1. The number of anilines is 2. The third-order valence-corrected chi connectivity index (χ3v) is 8.65. The van der Waals surface area contributed by atoms with E-state index in [0.29, 0.717) is 11.3 Å². The van der Waals surface area contributed by atoms with Crippen LogP contribution in [0.3, 0.4) is 0 Å². The third kappa shape index (κ3) is 4.57. The van der Waals surface area contributed by atoms with Crippen molar-refractivity contribution in [3.05, 3.63) is 64.1 Å². The minimum absolute atomic E-state index is 0.0394. The number of fused-ring (bicyclic) bond motifs is 3. The Kier molecular flexibility index (Phi) is 7.46. The van der Waals surface area contributed by atoms with Crippen LogP contribution >= 0.6 is 0 Å². The largest absolute Gasteiger partial charge is 0.510 e. The maximum absolute atomic E-state index is 14.1. The monoisotopic (exact) mass is 604 g/mol. The summed E-state index contributed by atoms with van der Waals surface area (Å²) in [5.74, 6) is -7.31. The molecule has 2 aromatic rings. The highest BCUT2D eigenvalue weighted by Gasteiger charge is 2.63. The molecule has 0 heterocycles. The predicted octanol–water partition coefficient (Wildman–Crippen LogP) is 0.0559. The van der Waals surface area contributed by atoms with Crippen molar-refractivity contribution in [3.63, 3.8) is 0 Å². The number of benzene rings is 2. The van der Waals surface area contributed by atoms with Gasteiger partial charge < -0.3 is 35.8 Å². The average molecular weight is 604 g/mol. The number of carbonyl (C=O) groups is 4. The van der Waals surface area contributed by atoms with Crippen LogP contribution in [-0.2, 0) is 16.0 Å². The molecule has 44 heavy (non-hydrogen) atoms. The van der Waals surface area contributed by atoms with Crippen molar-refractivity contribution in [2.45, 2.75) is 24.5 Å². The molecule has 0 unspecified atom stereocenters. The normalized spacial score (nSPS) is 24.5. The third-order valence-electron chi connectivity index (χ3n) is 8.65. The Morgan fingerprint density at radius 2 is 1.73 bits per heavy atom. The fourth-order valence-electron chi connectivity index (χ4n) is 6.64. The molecule has 0 spiro atoms. The van der Waals surface area contributed by atoms with Gasteiger partial charge in [-0.3, -0.25) is 24.6 Å². The van der Waals surface area contributed by atoms with E-state index in [4.69, 9.17) is 10.5 Å². The van der Waals surface area contributed by atoms with E-state index in [1.54, 1.807) is 57.4 Å². The van der Waals surface area contributed by atoms with Crippen molar-refractivity contribution >= 4 is 48.3 Å². The Morgan fingerprint density at radius 3 is 2.30 bits per heavy atom. The number of nitrogens with zero attached hydrogens (tertiary/aromatic N) is 2. The van der Waals surface area contributed by atoms with E-state index in [1.807, 2.05) is 7.85 Å². The van der Waals surface area contributed by atoms with Crippen LogP contribution < -0.4 is 26.2 Å². The summed E-state index contributed by atoms with van der Waals surface area (Å²) < 4.78 is 5.31. The number of aliphatic hydroxyl groups is 3. The zero-order chi connectivity index (χ0) is 32.4. The molecule has 4 atom stereocenters. The standard InChI is InChI=1S/C30H33BN4O9/c1-34(2)18-11-17(33-29(42)44-14-7-5-13(31)6-8-14)23(36)20-15(18)9-12-10-16-22(35(3)4)25(38)21(28(32)41)27(40)30(16,43)26(39)19(12)24(20)37/h5-8,11-12,16,22,36,38-39,43H,9-10,31H2,1-4H3,(H2,32,41)(H,33,42)/t12-,16-,22-,30-/m0/s1. The smallest absolute Gasteiger partial charge is 0.417 e. The molecule has 0 aromatic heterocycles. The maximum atomic E-state index is 14.1. The summed E-state index contributed by atoms with van der Waals surface area (Å²) in [6, 6.07) is 7.10. The van der Waals surface area contributed by atoms with Crippen molar-refractivity contribution in [1.82, 2.24) is 4.90 Å². The van der Waals surface area contributed by atoms with Crippen LogP contribution in [0.25, 0.3) is 0 Å². The second-order valence-electron chi connectivity index (χ2n) is 11.8. The summed E-state index contributed by atoms with van der Waals surface area (Å²) in [5, 5.41) is 48.0. The van der Waals surface area contributed by atoms with E-state index >= 15 is 0 Å². The van der Waals surface area contributed by atoms with E-state index < -0.39 is 69.9 Å². The van der Waals surface area contributed by atoms with Gasteiger partial charge in [-0.2, -0.15) is 0 Å². The van der Waals surface area contributed by atoms with E-state index in [2.05, 4.69) is 5.32 Å². The lowest BCUT2D eigenvalue weighted by Gasteiger charge is -2.50. The number of nitrogens with two attached hydrogens (primary N) is 1. The van der Waals surface area contributed by atoms with Gasteiger partial charge in [0.25, 0.3) is 5.91 Å². The number of hydrogen-bond donors (Lipinski definition) is 6. The summed E-state index contributed by atoms with van der Waals surface area (Å²) in [6.45, 7) is 0. The van der Waals surface area contributed by atoms with Crippen LogP contribution in [0.1, 0.15) is 22.3 Å². The molecular weight excluding hydrogens is 571 g/mol. The molecule has 5 rings (SSSR count). The summed E-state index contributed by atoms with van der Waals surface area (Å²) >= 11 is 0. The van der Waals surface area contributed by atoms with Gasteiger partial charge in [0.1, 0.15) is 30.7 Å². The molecule has 0 fully saturated rings. The van der Waals surface area contributed by atoms with Gasteiger partial charge in [-0.1, -0.05) is 17.6 Å². The number of amides is 2. The fourth-order valence-corrected chi connectivity index (χ4v) is 6.64. The van der Waals surface area contributed by atoms with E-state index in [9.17, 15) is 39.6 Å². The Labute approximate surface area is 253 Å². The van der Waals surface area contributed by atoms with Gasteiger partial charge in [0.15, 0.2) is 17.1 Å². The first kappa shape index (κ1) is 30.6. The number of hydrogen-bond acceptors (Lipinski definition) is 11. The molecule has 0 saturated heterocycles. The zero-order valence-electron chi connectivity index (χ0n) is 24.8. The number of carbonyl (C=O) groups excluding carboxylic acids is 4. The zero-order valence-corrected chi connectivity index (χ0v) is 24.8. The molecule has 7 N–H and O–H groups in total. The van der Waals surface area contributed by atoms with E-state index in [-0.39, 0.29) is 35.4 Å².